The predicted molar refractivity (Wildman–Crippen MR) is 183 cm³/mol. The van der Waals surface area contributed by atoms with E-state index in [0.717, 1.165) is 34.2 Å². The molecule has 8 heteroatoms. The lowest BCUT2D eigenvalue weighted by molar-refractivity contribution is -0.128. The van der Waals surface area contributed by atoms with E-state index in [1.807, 2.05) is 50.2 Å². The Morgan fingerprint density at radius 1 is 0.630 bits per heavy atom. The fourth-order valence-electron chi connectivity index (χ4n) is 7.66. The van der Waals surface area contributed by atoms with Crippen LogP contribution >= 0.6 is 11.6 Å². The van der Waals surface area contributed by atoms with E-state index in [1.165, 1.54) is 0 Å². The number of ketones is 1. The van der Waals surface area contributed by atoms with Crippen molar-refractivity contribution in [3.05, 3.63) is 130 Å². The molecule has 240 valence electrons. The average Bonchev–Trinajstić information content (AvgIpc) is 3.05. The molecule has 4 aromatic rings. The van der Waals surface area contributed by atoms with E-state index in [9.17, 15) is 21.6 Å². The molecule has 0 aromatic heterocycles. The van der Waals surface area contributed by atoms with Gasteiger partial charge in [0, 0.05) is 29.2 Å². The summed E-state index contributed by atoms with van der Waals surface area (Å²) in [6.07, 6.45) is 1.20. The summed E-state index contributed by atoms with van der Waals surface area (Å²) in [6, 6.07) is 28.8. The van der Waals surface area contributed by atoms with Crippen molar-refractivity contribution in [3.63, 3.8) is 0 Å². The third-order valence-corrected chi connectivity index (χ3v) is 15.0. The summed E-state index contributed by atoms with van der Waals surface area (Å²) in [7, 11) is -7.80. The topological polar surface area (TPSA) is 85.3 Å². The molecule has 6 atom stereocenters. The van der Waals surface area contributed by atoms with Crippen LogP contribution in [0, 0.1) is 25.7 Å². The highest BCUT2D eigenvalue weighted by Gasteiger charge is 2.56. The molecule has 4 aromatic carbocycles. The van der Waals surface area contributed by atoms with Gasteiger partial charge in [0.25, 0.3) is 0 Å². The van der Waals surface area contributed by atoms with Gasteiger partial charge in [0.15, 0.2) is 19.7 Å². The lowest BCUT2D eigenvalue weighted by Gasteiger charge is -2.48. The van der Waals surface area contributed by atoms with Gasteiger partial charge in [-0.1, -0.05) is 90.3 Å². The molecule has 2 fully saturated rings. The zero-order valence-corrected chi connectivity index (χ0v) is 28.7. The Morgan fingerprint density at radius 3 is 1.67 bits per heavy atom. The van der Waals surface area contributed by atoms with Crippen molar-refractivity contribution >= 4 is 37.1 Å². The standard InChI is InChI=1S/C38H39ClO5S2/c1-4-26-9-11-27(12-10-26)32-21-35-34(23-37(32)45(41,42)30-17-5-24(2)6-18-30)36(40)22-33(28-13-15-29(39)16-14-28)38(35)46(43,44)31-19-7-25(3)8-20-31/h5-20,32-35,37-38H,4,21-23H2,1-3H3/t32-,33-,34+,35-,37?,38?/m0/s1. The summed E-state index contributed by atoms with van der Waals surface area (Å²) in [4.78, 5) is 14.5. The van der Waals surface area contributed by atoms with Crippen LogP contribution in [0.4, 0.5) is 0 Å². The third-order valence-electron chi connectivity index (χ3n) is 10.2. The van der Waals surface area contributed by atoms with Gasteiger partial charge in [-0.05, 0) is 92.1 Å². The number of hydrogen-bond acceptors (Lipinski definition) is 5. The Hall–Kier alpha value is -3.26. The Kier molecular flexibility index (Phi) is 9.05. The summed E-state index contributed by atoms with van der Waals surface area (Å²) in [5.41, 5.74) is 4.63. The molecule has 0 amide bonds. The largest absolute Gasteiger partial charge is 0.299 e. The van der Waals surface area contributed by atoms with Gasteiger partial charge >= 0.3 is 0 Å². The highest BCUT2D eigenvalue weighted by atomic mass is 35.5. The minimum Gasteiger partial charge on any atom is -0.299 e. The fraction of sp³-hybridized carbons (Fsp3) is 0.342. The van der Waals surface area contributed by atoms with Crippen LogP contribution in [0.25, 0.3) is 0 Å². The van der Waals surface area contributed by atoms with E-state index in [-0.39, 0.29) is 34.8 Å². The number of sulfone groups is 2. The van der Waals surface area contributed by atoms with Crippen LogP contribution in [-0.2, 0) is 30.9 Å². The number of fused-ring (bicyclic) bond motifs is 1. The Morgan fingerprint density at radius 2 is 1.13 bits per heavy atom. The number of hydrogen-bond donors (Lipinski definition) is 0. The highest BCUT2D eigenvalue weighted by Crippen LogP contribution is 2.54. The van der Waals surface area contributed by atoms with Gasteiger partial charge in [-0.3, -0.25) is 4.79 Å². The minimum absolute atomic E-state index is 0.0196. The number of aryl methyl sites for hydroxylation is 3. The van der Waals surface area contributed by atoms with Crippen molar-refractivity contribution in [3.8, 4) is 0 Å². The number of Topliss-reactive ketones (excluding diaryl/α,β-unsaturated/α-hetero) is 1. The summed E-state index contributed by atoms with van der Waals surface area (Å²) < 4.78 is 58.2. The van der Waals surface area contributed by atoms with E-state index in [2.05, 4.69) is 6.92 Å². The second-order valence-electron chi connectivity index (χ2n) is 13.0. The zero-order chi connectivity index (χ0) is 32.8. The Balaban J connectivity index is 1.51. The van der Waals surface area contributed by atoms with Gasteiger partial charge in [-0.25, -0.2) is 16.8 Å². The molecule has 0 radical (unpaired) electrons. The minimum atomic E-state index is -3.94. The zero-order valence-electron chi connectivity index (χ0n) is 26.3. The SMILES string of the molecule is CCc1ccc([C@@H]2C[C@@H]3C(S(=O)(=O)c4ccc(C)cc4)[C@H](c4ccc(Cl)cc4)CC(=O)[C@@H]3CC2S(=O)(=O)c2ccc(C)cc2)cc1. The first-order valence-corrected chi connectivity index (χ1v) is 19.4. The molecular formula is C38H39ClO5S2. The fourth-order valence-corrected chi connectivity index (χ4v) is 12.1. The van der Waals surface area contributed by atoms with Gasteiger partial charge in [0.2, 0.25) is 0 Å². The molecule has 2 aliphatic carbocycles. The summed E-state index contributed by atoms with van der Waals surface area (Å²) in [6.45, 7) is 5.88. The first-order valence-electron chi connectivity index (χ1n) is 15.9. The highest BCUT2D eigenvalue weighted by molar-refractivity contribution is 7.92. The lowest BCUT2D eigenvalue weighted by Crippen LogP contribution is -2.53. The molecule has 0 heterocycles. The molecule has 46 heavy (non-hydrogen) atoms. The van der Waals surface area contributed by atoms with Crippen molar-refractivity contribution in [2.24, 2.45) is 11.8 Å². The molecule has 2 unspecified atom stereocenters. The molecular weight excluding hydrogens is 636 g/mol. The maximum Gasteiger partial charge on any atom is 0.182 e. The van der Waals surface area contributed by atoms with Crippen molar-refractivity contribution in [2.75, 3.05) is 0 Å². The van der Waals surface area contributed by atoms with Crippen LogP contribution in [0.3, 0.4) is 0 Å². The second kappa shape index (κ2) is 12.7. The smallest absolute Gasteiger partial charge is 0.182 e. The van der Waals surface area contributed by atoms with Gasteiger partial charge in [-0.15, -0.1) is 0 Å². The summed E-state index contributed by atoms with van der Waals surface area (Å²) in [5, 5.41) is -1.26. The molecule has 0 aliphatic heterocycles. The van der Waals surface area contributed by atoms with Crippen molar-refractivity contribution < 1.29 is 21.6 Å². The van der Waals surface area contributed by atoms with Crippen LogP contribution in [0.15, 0.2) is 107 Å². The van der Waals surface area contributed by atoms with Gasteiger partial charge in [-0.2, -0.15) is 0 Å². The third kappa shape index (κ3) is 6.10. The number of carbonyl (C=O) groups is 1. The van der Waals surface area contributed by atoms with Crippen molar-refractivity contribution in [2.45, 2.75) is 78.6 Å². The number of rotatable bonds is 7. The average molecular weight is 675 g/mol. The Labute approximate surface area is 277 Å². The first-order chi connectivity index (χ1) is 21.9. The lowest BCUT2D eigenvalue weighted by atomic mass is 9.61. The van der Waals surface area contributed by atoms with E-state index >= 15 is 0 Å². The van der Waals surface area contributed by atoms with Crippen LogP contribution in [0.1, 0.15) is 65.8 Å². The molecule has 2 saturated carbocycles. The first kappa shape index (κ1) is 32.7. The van der Waals surface area contributed by atoms with Gasteiger partial charge in [0.1, 0.15) is 5.78 Å². The monoisotopic (exact) mass is 674 g/mol. The van der Waals surface area contributed by atoms with Crippen LogP contribution in [0.2, 0.25) is 5.02 Å². The molecule has 0 spiro atoms. The van der Waals surface area contributed by atoms with E-state index in [0.29, 0.717) is 5.02 Å². The molecule has 6 rings (SSSR count). The van der Waals surface area contributed by atoms with Crippen molar-refractivity contribution in [1.82, 2.24) is 0 Å². The molecule has 0 N–H and O–H groups in total. The van der Waals surface area contributed by atoms with Gasteiger partial charge < -0.3 is 0 Å². The maximum absolute atomic E-state index is 14.7. The van der Waals surface area contributed by atoms with E-state index in [1.54, 1.807) is 60.7 Å². The summed E-state index contributed by atoms with van der Waals surface area (Å²) >= 11 is 6.21. The maximum atomic E-state index is 14.7. The normalized spacial score (nSPS) is 25.2. The van der Waals surface area contributed by atoms with Crippen molar-refractivity contribution in [1.29, 1.82) is 0 Å². The molecule has 5 nitrogen and oxygen atoms in total. The summed E-state index contributed by atoms with van der Waals surface area (Å²) in [5.74, 6) is -2.44. The van der Waals surface area contributed by atoms with Crippen LogP contribution in [0.5, 0.6) is 0 Å². The van der Waals surface area contributed by atoms with E-state index in [4.69, 9.17) is 11.6 Å². The second-order valence-corrected chi connectivity index (χ2v) is 17.7. The molecule has 0 bridgehead atoms. The van der Waals surface area contributed by atoms with E-state index < -0.39 is 53.8 Å². The number of benzene rings is 4. The quantitative estimate of drug-likeness (QED) is 0.198. The van der Waals surface area contributed by atoms with Crippen LogP contribution in [-0.4, -0.2) is 33.1 Å². The number of halogens is 1. The van der Waals surface area contributed by atoms with Crippen LogP contribution < -0.4 is 0 Å². The molecule has 0 saturated heterocycles. The Bertz CT molecular complexity index is 1930. The molecule has 2 aliphatic rings. The predicted octanol–water partition coefficient (Wildman–Crippen LogP) is 8.07. The van der Waals surface area contributed by atoms with Gasteiger partial charge in [0.05, 0.1) is 20.3 Å². The number of carbonyl (C=O) groups excluding carboxylic acids is 1.